The molecule has 0 spiro atoms. The predicted octanol–water partition coefficient (Wildman–Crippen LogP) is 3.94. The van der Waals surface area contributed by atoms with Gasteiger partial charge in [0.05, 0.1) is 28.4 Å². The maximum Gasteiger partial charge on any atom is 0.161 e. The lowest BCUT2D eigenvalue weighted by Gasteiger charge is -2.11. The van der Waals surface area contributed by atoms with Gasteiger partial charge in [-0.1, -0.05) is 31.9 Å². The number of hydrogen-bond donors (Lipinski definition) is 2. The van der Waals surface area contributed by atoms with Crippen molar-refractivity contribution in [2.45, 2.75) is 12.8 Å². The molecule has 0 bridgehead atoms. The summed E-state index contributed by atoms with van der Waals surface area (Å²) >= 11 is 6.92. The third-order valence-electron chi connectivity index (χ3n) is 3.93. The van der Waals surface area contributed by atoms with E-state index >= 15 is 0 Å². The maximum absolute atomic E-state index is 5.50. The fourth-order valence-electron chi connectivity index (χ4n) is 2.49. The smallest absolute Gasteiger partial charge is 0.161 e. The number of halogens is 2. The molecule has 0 heterocycles. The summed E-state index contributed by atoms with van der Waals surface area (Å²) in [5.41, 5.74) is 13.3. The molecule has 0 amide bonds. The van der Waals surface area contributed by atoms with Gasteiger partial charge >= 0.3 is 0 Å². The molecular weight excluding hydrogens is 492 g/mol. The summed E-state index contributed by atoms with van der Waals surface area (Å²) in [7, 11) is 6.48. The first-order valence-electron chi connectivity index (χ1n) is 8.66. The molecule has 0 radical (unpaired) electrons. The van der Waals surface area contributed by atoms with Gasteiger partial charge in [0, 0.05) is 8.95 Å². The number of ether oxygens (including phenoxy) is 4. The van der Waals surface area contributed by atoms with Gasteiger partial charge in [0.15, 0.2) is 23.0 Å². The van der Waals surface area contributed by atoms with E-state index in [-0.39, 0.29) is 0 Å². The number of nitrogens with two attached hydrogens (primary N) is 2. The van der Waals surface area contributed by atoms with Crippen molar-refractivity contribution in [1.29, 1.82) is 0 Å². The Balaban J connectivity index is 0.000000280. The molecule has 28 heavy (non-hydrogen) atoms. The van der Waals surface area contributed by atoms with Crippen LogP contribution in [0.5, 0.6) is 23.0 Å². The second-order valence-corrected chi connectivity index (χ2v) is 7.38. The molecule has 8 heteroatoms. The van der Waals surface area contributed by atoms with Crippen molar-refractivity contribution in [3.05, 3.63) is 44.3 Å². The fourth-order valence-corrected chi connectivity index (χ4v) is 3.53. The van der Waals surface area contributed by atoms with E-state index in [0.29, 0.717) is 13.1 Å². The lowest BCUT2D eigenvalue weighted by Crippen LogP contribution is -2.04. The van der Waals surface area contributed by atoms with E-state index in [2.05, 4.69) is 31.9 Å². The molecule has 0 atom stereocenters. The molecule has 0 aromatic heterocycles. The van der Waals surface area contributed by atoms with Crippen molar-refractivity contribution in [1.82, 2.24) is 0 Å². The molecule has 4 N–H and O–H groups in total. The summed E-state index contributed by atoms with van der Waals surface area (Å²) in [5, 5.41) is 0. The van der Waals surface area contributed by atoms with Gasteiger partial charge in [-0.05, 0) is 61.3 Å². The van der Waals surface area contributed by atoms with Crippen LogP contribution in [0.3, 0.4) is 0 Å². The number of rotatable bonds is 8. The predicted molar refractivity (Wildman–Crippen MR) is 120 cm³/mol. The second-order valence-electron chi connectivity index (χ2n) is 5.67. The van der Waals surface area contributed by atoms with Crippen LogP contribution < -0.4 is 30.4 Å². The number of hydrogen-bond acceptors (Lipinski definition) is 6. The molecule has 0 aliphatic heterocycles. The summed E-state index contributed by atoms with van der Waals surface area (Å²) in [6.45, 7) is 1.24. The highest BCUT2D eigenvalue weighted by molar-refractivity contribution is 9.10. The minimum absolute atomic E-state index is 0.619. The number of methoxy groups -OCH3 is 4. The van der Waals surface area contributed by atoms with Crippen LogP contribution in [0.2, 0.25) is 0 Å². The zero-order valence-electron chi connectivity index (χ0n) is 16.7. The van der Waals surface area contributed by atoms with E-state index in [1.54, 1.807) is 28.4 Å². The third kappa shape index (κ3) is 6.84. The Kier molecular flexibility index (Phi) is 11.3. The molecule has 0 fully saturated rings. The summed E-state index contributed by atoms with van der Waals surface area (Å²) < 4.78 is 22.7. The summed E-state index contributed by atoms with van der Waals surface area (Å²) in [6.07, 6.45) is 1.64. The van der Waals surface area contributed by atoms with E-state index in [4.69, 9.17) is 30.4 Å². The summed E-state index contributed by atoms with van der Waals surface area (Å²) in [6, 6.07) is 7.67. The van der Waals surface area contributed by atoms with E-state index < -0.39 is 0 Å². The maximum atomic E-state index is 5.50. The van der Waals surface area contributed by atoms with E-state index in [1.807, 2.05) is 24.3 Å². The SMILES string of the molecule is COc1cc(Br)c(CCN)cc1OC.COc1cc(Br)c(CCN)cc1OC. The molecular formula is C20H28Br2N2O4. The van der Waals surface area contributed by atoms with Gasteiger partial charge in [-0.2, -0.15) is 0 Å². The molecule has 6 nitrogen and oxygen atoms in total. The summed E-state index contributed by atoms with van der Waals surface area (Å²) in [4.78, 5) is 0. The topological polar surface area (TPSA) is 89.0 Å². The molecule has 2 rings (SSSR count). The van der Waals surface area contributed by atoms with Crippen molar-refractivity contribution in [2.75, 3.05) is 41.5 Å². The first-order chi connectivity index (χ1) is 13.4. The van der Waals surface area contributed by atoms with Crippen LogP contribution in [0.4, 0.5) is 0 Å². The minimum Gasteiger partial charge on any atom is -0.493 e. The highest BCUT2D eigenvalue weighted by Crippen LogP contribution is 2.34. The van der Waals surface area contributed by atoms with Gasteiger partial charge < -0.3 is 30.4 Å². The second kappa shape index (κ2) is 12.9. The molecule has 2 aromatic carbocycles. The first-order valence-corrected chi connectivity index (χ1v) is 10.2. The molecule has 2 aromatic rings. The van der Waals surface area contributed by atoms with Gasteiger partial charge in [-0.15, -0.1) is 0 Å². The Morgan fingerprint density at radius 1 is 0.607 bits per heavy atom. The van der Waals surface area contributed by atoms with Crippen LogP contribution in [0, 0.1) is 0 Å². The molecule has 0 saturated carbocycles. The van der Waals surface area contributed by atoms with Crippen molar-refractivity contribution >= 4 is 31.9 Å². The monoisotopic (exact) mass is 518 g/mol. The quantitative estimate of drug-likeness (QED) is 0.549. The van der Waals surface area contributed by atoms with Crippen LogP contribution in [0.25, 0.3) is 0 Å². The van der Waals surface area contributed by atoms with Gasteiger partial charge in [-0.25, -0.2) is 0 Å². The highest BCUT2D eigenvalue weighted by Gasteiger charge is 2.09. The van der Waals surface area contributed by atoms with Gasteiger partial charge in [0.25, 0.3) is 0 Å². The van der Waals surface area contributed by atoms with Crippen molar-refractivity contribution in [3.8, 4) is 23.0 Å². The minimum atomic E-state index is 0.619. The third-order valence-corrected chi connectivity index (χ3v) is 5.41. The highest BCUT2D eigenvalue weighted by atomic mass is 79.9. The molecule has 0 aliphatic rings. The Hall–Kier alpha value is -1.48. The fraction of sp³-hybridized carbons (Fsp3) is 0.400. The summed E-state index contributed by atoms with van der Waals surface area (Å²) in [5.74, 6) is 2.92. The standard InChI is InChI=1S/2C10H14BrNO2/c2*1-13-9-5-7(3-4-12)8(11)6-10(9)14-2/h2*5-6H,3-4,12H2,1-2H3. The molecule has 0 saturated heterocycles. The number of benzene rings is 2. The van der Waals surface area contributed by atoms with Crippen molar-refractivity contribution in [3.63, 3.8) is 0 Å². The first kappa shape index (κ1) is 24.6. The zero-order valence-corrected chi connectivity index (χ0v) is 19.9. The average Bonchev–Trinajstić information content (AvgIpc) is 2.71. The van der Waals surface area contributed by atoms with Gasteiger partial charge in [0.2, 0.25) is 0 Å². The Morgan fingerprint density at radius 2 is 0.893 bits per heavy atom. The van der Waals surface area contributed by atoms with Crippen LogP contribution in [-0.2, 0) is 12.8 Å². The van der Waals surface area contributed by atoms with Gasteiger partial charge in [-0.3, -0.25) is 0 Å². The normalized spacial score (nSPS) is 10.0. The largest absolute Gasteiger partial charge is 0.493 e. The lowest BCUT2D eigenvalue weighted by molar-refractivity contribution is 0.354. The lowest BCUT2D eigenvalue weighted by atomic mass is 10.1. The van der Waals surface area contributed by atoms with Crippen LogP contribution >= 0.6 is 31.9 Å². The van der Waals surface area contributed by atoms with Gasteiger partial charge in [0.1, 0.15) is 0 Å². The van der Waals surface area contributed by atoms with E-state index in [1.165, 1.54) is 0 Å². The van der Waals surface area contributed by atoms with E-state index in [9.17, 15) is 0 Å². The van der Waals surface area contributed by atoms with Crippen LogP contribution in [-0.4, -0.2) is 41.5 Å². The van der Waals surface area contributed by atoms with Crippen LogP contribution in [0.15, 0.2) is 33.2 Å². The van der Waals surface area contributed by atoms with Crippen LogP contribution in [0.1, 0.15) is 11.1 Å². The molecule has 0 unspecified atom stereocenters. The zero-order chi connectivity index (χ0) is 21.1. The molecule has 156 valence electrons. The Labute approximate surface area is 183 Å². The van der Waals surface area contributed by atoms with Crippen molar-refractivity contribution < 1.29 is 18.9 Å². The van der Waals surface area contributed by atoms with E-state index in [0.717, 1.165) is 55.9 Å². The Morgan fingerprint density at radius 3 is 1.14 bits per heavy atom. The average molecular weight is 520 g/mol. The molecule has 0 aliphatic carbocycles. The van der Waals surface area contributed by atoms with Crippen molar-refractivity contribution in [2.24, 2.45) is 11.5 Å². The Bertz CT molecular complexity index is 694.